The normalized spacial score (nSPS) is 13.1. The molecule has 2 aromatic carbocycles. The van der Waals surface area contributed by atoms with Crippen LogP contribution in [0.4, 0.5) is 17.1 Å². The van der Waals surface area contributed by atoms with E-state index in [1.54, 1.807) is 0 Å². The molecule has 0 unspecified atom stereocenters. The van der Waals surface area contributed by atoms with Crippen LogP contribution in [0.2, 0.25) is 0 Å². The zero-order valence-electron chi connectivity index (χ0n) is 13.9. The number of nitrogen functional groups attached to an aromatic ring is 1. The molecule has 0 fully saturated rings. The summed E-state index contributed by atoms with van der Waals surface area (Å²) in [7, 11) is -14.3. The monoisotopic (exact) mass is 451 g/mol. The van der Waals surface area contributed by atoms with Gasteiger partial charge in [0.1, 0.15) is 4.90 Å². The van der Waals surface area contributed by atoms with Crippen molar-refractivity contribution in [1.29, 1.82) is 0 Å². The average molecular weight is 451 g/mol. The fourth-order valence-electron chi connectivity index (χ4n) is 2.05. The van der Waals surface area contributed by atoms with Crippen LogP contribution in [0.15, 0.2) is 55.2 Å². The van der Waals surface area contributed by atoms with Crippen molar-refractivity contribution in [2.45, 2.75) is 21.6 Å². The second kappa shape index (κ2) is 7.19. The van der Waals surface area contributed by atoms with Crippen LogP contribution in [-0.2, 0) is 30.4 Å². The van der Waals surface area contributed by atoms with E-state index in [4.69, 9.17) is 19.4 Å². The average Bonchev–Trinajstić information content (AvgIpc) is 2.50. The fourth-order valence-corrected chi connectivity index (χ4v) is 3.84. The van der Waals surface area contributed by atoms with E-state index in [0.717, 1.165) is 18.2 Å². The molecule has 15 heteroatoms. The number of hydrogen-bond donors (Lipinski definition) is 4. The standard InChI is InChI=1S/C13H13N3O9S3/c1-7-2-11(14)13(28(23,24)25)6-12(7)16-15-8-3-9(26(17,18)19)5-10(4-8)27(20,21)22/h2-6H,14H2,1H3,(H,17,18,19)(H,20,21,22)(H,23,24,25). The Balaban J connectivity index is 2.64. The van der Waals surface area contributed by atoms with Crippen LogP contribution in [0.1, 0.15) is 5.56 Å². The summed E-state index contributed by atoms with van der Waals surface area (Å²) in [6.45, 7) is 1.48. The van der Waals surface area contributed by atoms with Gasteiger partial charge in [-0.15, -0.1) is 0 Å². The lowest BCUT2D eigenvalue weighted by molar-refractivity contribution is 0.479. The molecule has 0 radical (unpaired) electrons. The predicted molar refractivity (Wildman–Crippen MR) is 95.7 cm³/mol. The second-order valence-corrected chi connectivity index (χ2v) is 9.70. The van der Waals surface area contributed by atoms with Crippen LogP contribution in [0.5, 0.6) is 0 Å². The molecule has 0 bridgehead atoms. The fraction of sp³-hybridized carbons (Fsp3) is 0.0769. The zero-order valence-corrected chi connectivity index (χ0v) is 16.3. The van der Waals surface area contributed by atoms with Crippen LogP contribution < -0.4 is 5.73 Å². The van der Waals surface area contributed by atoms with Gasteiger partial charge in [-0.2, -0.15) is 35.5 Å². The van der Waals surface area contributed by atoms with Crippen molar-refractivity contribution in [3.05, 3.63) is 35.9 Å². The molecule has 12 nitrogen and oxygen atoms in total. The van der Waals surface area contributed by atoms with E-state index >= 15 is 0 Å². The molecule has 28 heavy (non-hydrogen) atoms. The molecule has 0 amide bonds. The minimum atomic E-state index is -4.84. The highest BCUT2D eigenvalue weighted by Gasteiger charge is 2.19. The summed E-state index contributed by atoms with van der Waals surface area (Å²) < 4.78 is 95.1. The summed E-state index contributed by atoms with van der Waals surface area (Å²) in [6.07, 6.45) is 0. The summed E-state index contributed by atoms with van der Waals surface area (Å²) in [6, 6.07) is 4.14. The quantitative estimate of drug-likeness (QED) is 0.293. The smallest absolute Gasteiger partial charge is 0.296 e. The van der Waals surface area contributed by atoms with Crippen molar-refractivity contribution >= 4 is 47.4 Å². The third-order valence-electron chi connectivity index (χ3n) is 3.34. The molecule has 0 saturated carbocycles. The molecule has 2 rings (SSSR count). The van der Waals surface area contributed by atoms with Crippen molar-refractivity contribution in [1.82, 2.24) is 0 Å². The van der Waals surface area contributed by atoms with Crippen LogP contribution in [0.25, 0.3) is 0 Å². The predicted octanol–water partition coefficient (Wildman–Crippen LogP) is 1.73. The molecule has 5 N–H and O–H groups in total. The Morgan fingerprint density at radius 1 is 0.750 bits per heavy atom. The van der Waals surface area contributed by atoms with Crippen molar-refractivity contribution in [2.75, 3.05) is 5.73 Å². The molecule has 0 aromatic heterocycles. The highest BCUT2D eigenvalue weighted by atomic mass is 32.2. The van der Waals surface area contributed by atoms with Gasteiger partial charge < -0.3 is 5.73 Å². The third kappa shape index (κ3) is 5.09. The van der Waals surface area contributed by atoms with Crippen LogP contribution in [0, 0.1) is 6.92 Å². The van der Waals surface area contributed by atoms with E-state index in [1.807, 2.05) is 0 Å². The first-order chi connectivity index (χ1) is 12.6. The van der Waals surface area contributed by atoms with E-state index in [-0.39, 0.29) is 11.4 Å². The summed E-state index contributed by atoms with van der Waals surface area (Å²) >= 11 is 0. The van der Waals surface area contributed by atoms with E-state index in [0.29, 0.717) is 11.6 Å². The topological polar surface area (TPSA) is 214 Å². The van der Waals surface area contributed by atoms with Crippen molar-refractivity contribution in [3.63, 3.8) is 0 Å². The van der Waals surface area contributed by atoms with Crippen molar-refractivity contribution < 1.29 is 38.9 Å². The number of anilines is 1. The summed E-state index contributed by atoms with van der Waals surface area (Å²) in [4.78, 5) is -2.38. The molecular weight excluding hydrogens is 438 g/mol. The first-order valence-electron chi connectivity index (χ1n) is 6.98. The van der Waals surface area contributed by atoms with Gasteiger partial charge in [0.05, 0.1) is 26.9 Å². The number of nitrogens with zero attached hydrogens (tertiary/aromatic N) is 2. The van der Waals surface area contributed by atoms with E-state index in [9.17, 15) is 25.3 Å². The number of rotatable bonds is 5. The van der Waals surface area contributed by atoms with Gasteiger partial charge in [0.2, 0.25) is 0 Å². The molecule has 0 saturated heterocycles. The first kappa shape index (κ1) is 21.9. The Labute approximate surface area is 160 Å². The molecule has 0 aliphatic heterocycles. The lowest BCUT2D eigenvalue weighted by Gasteiger charge is -2.06. The molecule has 0 spiro atoms. The maximum Gasteiger partial charge on any atom is 0.296 e. The highest BCUT2D eigenvalue weighted by molar-refractivity contribution is 7.86. The summed E-state index contributed by atoms with van der Waals surface area (Å²) in [5.41, 5.74) is 5.11. The Morgan fingerprint density at radius 2 is 1.25 bits per heavy atom. The molecule has 0 atom stereocenters. The van der Waals surface area contributed by atoms with Crippen molar-refractivity contribution in [2.24, 2.45) is 10.2 Å². The molecule has 152 valence electrons. The summed E-state index contributed by atoms with van der Waals surface area (Å²) in [5, 5.41) is 7.27. The van der Waals surface area contributed by atoms with Crippen LogP contribution >= 0.6 is 0 Å². The maximum atomic E-state index is 11.3. The SMILES string of the molecule is Cc1cc(N)c(S(=O)(=O)O)cc1N=Nc1cc(S(=O)(=O)O)cc(S(=O)(=O)O)c1. The largest absolute Gasteiger partial charge is 0.398 e. The van der Waals surface area contributed by atoms with Gasteiger partial charge in [0.15, 0.2) is 0 Å². The summed E-state index contributed by atoms with van der Waals surface area (Å²) in [5.74, 6) is 0. The van der Waals surface area contributed by atoms with Gasteiger partial charge in [-0.25, -0.2) is 0 Å². The molecule has 0 aliphatic rings. The number of hydrogen-bond acceptors (Lipinski definition) is 9. The number of aryl methyl sites for hydroxylation is 1. The van der Waals surface area contributed by atoms with E-state index in [2.05, 4.69) is 10.2 Å². The van der Waals surface area contributed by atoms with Gasteiger partial charge >= 0.3 is 0 Å². The molecule has 0 heterocycles. The molecule has 2 aromatic rings. The lowest BCUT2D eigenvalue weighted by atomic mass is 10.2. The number of azo groups is 1. The van der Waals surface area contributed by atoms with E-state index in [1.165, 1.54) is 13.0 Å². The third-order valence-corrected chi connectivity index (χ3v) is 5.91. The molecule has 0 aliphatic carbocycles. The van der Waals surface area contributed by atoms with Crippen LogP contribution in [-0.4, -0.2) is 38.9 Å². The van der Waals surface area contributed by atoms with Gasteiger partial charge in [-0.3, -0.25) is 13.7 Å². The minimum Gasteiger partial charge on any atom is -0.398 e. The lowest BCUT2D eigenvalue weighted by Crippen LogP contribution is -2.03. The Hall–Kier alpha value is -2.43. The van der Waals surface area contributed by atoms with Gasteiger partial charge in [0, 0.05) is 0 Å². The Morgan fingerprint density at radius 3 is 1.68 bits per heavy atom. The zero-order chi connectivity index (χ0) is 21.5. The maximum absolute atomic E-state index is 11.3. The number of benzene rings is 2. The van der Waals surface area contributed by atoms with Gasteiger partial charge in [-0.05, 0) is 42.8 Å². The first-order valence-corrected chi connectivity index (χ1v) is 11.3. The van der Waals surface area contributed by atoms with Crippen LogP contribution in [0.3, 0.4) is 0 Å². The Kier molecular flexibility index (Phi) is 5.61. The number of nitrogens with two attached hydrogens (primary N) is 1. The Bertz CT molecular complexity index is 1250. The highest BCUT2D eigenvalue weighted by Crippen LogP contribution is 2.31. The minimum absolute atomic E-state index is 0.0903. The van der Waals surface area contributed by atoms with E-state index < -0.39 is 50.7 Å². The van der Waals surface area contributed by atoms with Crippen molar-refractivity contribution in [3.8, 4) is 0 Å². The van der Waals surface area contributed by atoms with Gasteiger partial charge in [-0.1, -0.05) is 0 Å². The molecular formula is C13H13N3O9S3. The second-order valence-electron chi connectivity index (χ2n) is 5.46. The van der Waals surface area contributed by atoms with Gasteiger partial charge in [0.25, 0.3) is 30.4 Å².